The van der Waals surface area contributed by atoms with E-state index in [1.54, 1.807) is 0 Å². The molecule has 0 radical (unpaired) electrons. The van der Waals surface area contributed by atoms with Crippen LogP contribution in [0.1, 0.15) is 30.4 Å². The van der Waals surface area contributed by atoms with Gasteiger partial charge in [-0.15, -0.1) is 0 Å². The number of benzene rings is 1. The van der Waals surface area contributed by atoms with Crippen LogP contribution in [0.5, 0.6) is 0 Å². The van der Waals surface area contributed by atoms with Crippen LogP contribution >= 0.6 is 0 Å². The Morgan fingerprint density at radius 3 is 2.75 bits per heavy atom. The molecule has 1 aromatic carbocycles. The third-order valence-corrected chi connectivity index (χ3v) is 2.85. The standard InChI is InChI=1S/C13H18O3/c14-9-11-5-1-2-6-12(11)10-16-13-7-3-4-8-15-13/h1-2,5-6,13-14H,3-4,7-10H2/t13-/m1/s1. The van der Waals surface area contributed by atoms with Crippen molar-refractivity contribution < 1.29 is 14.6 Å². The van der Waals surface area contributed by atoms with Crippen molar-refractivity contribution in [3.63, 3.8) is 0 Å². The molecule has 1 N–H and O–H groups in total. The normalized spacial score (nSPS) is 20.9. The minimum absolute atomic E-state index is 0.0606. The lowest BCUT2D eigenvalue weighted by atomic mass is 10.1. The summed E-state index contributed by atoms with van der Waals surface area (Å²) in [6.45, 7) is 1.37. The molecule has 1 heterocycles. The molecule has 0 bridgehead atoms. The van der Waals surface area contributed by atoms with Crippen LogP contribution in [0.25, 0.3) is 0 Å². The van der Waals surface area contributed by atoms with E-state index in [0.29, 0.717) is 6.61 Å². The molecular formula is C13H18O3. The van der Waals surface area contributed by atoms with E-state index < -0.39 is 0 Å². The van der Waals surface area contributed by atoms with Crippen LogP contribution in [-0.2, 0) is 22.7 Å². The molecule has 0 unspecified atom stereocenters. The van der Waals surface area contributed by atoms with Crippen molar-refractivity contribution >= 4 is 0 Å². The maximum absolute atomic E-state index is 9.17. The molecule has 3 nitrogen and oxygen atoms in total. The fraction of sp³-hybridized carbons (Fsp3) is 0.538. The van der Waals surface area contributed by atoms with E-state index in [0.717, 1.165) is 30.6 Å². The van der Waals surface area contributed by atoms with Gasteiger partial charge in [-0.25, -0.2) is 0 Å². The summed E-state index contributed by atoms with van der Waals surface area (Å²) < 4.78 is 11.2. The van der Waals surface area contributed by atoms with Gasteiger partial charge in [0, 0.05) is 6.61 Å². The number of hydrogen-bond acceptors (Lipinski definition) is 3. The summed E-state index contributed by atoms with van der Waals surface area (Å²) in [6, 6.07) is 7.78. The number of rotatable bonds is 4. The van der Waals surface area contributed by atoms with E-state index in [9.17, 15) is 0 Å². The Hall–Kier alpha value is -0.900. The molecule has 16 heavy (non-hydrogen) atoms. The summed E-state index contributed by atoms with van der Waals surface area (Å²) in [4.78, 5) is 0. The number of aliphatic hydroxyl groups is 1. The number of ether oxygens (including phenoxy) is 2. The first kappa shape index (κ1) is 11.6. The highest BCUT2D eigenvalue weighted by Gasteiger charge is 2.14. The van der Waals surface area contributed by atoms with E-state index in [1.807, 2.05) is 24.3 Å². The molecule has 1 aromatic rings. The zero-order chi connectivity index (χ0) is 11.2. The van der Waals surface area contributed by atoms with Crippen molar-refractivity contribution in [1.82, 2.24) is 0 Å². The van der Waals surface area contributed by atoms with Gasteiger partial charge in [0.2, 0.25) is 0 Å². The van der Waals surface area contributed by atoms with Crippen LogP contribution < -0.4 is 0 Å². The predicted octanol–water partition coefficient (Wildman–Crippen LogP) is 2.22. The molecule has 2 rings (SSSR count). The van der Waals surface area contributed by atoms with Crippen LogP contribution in [-0.4, -0.2) is 18.0 Å². The van der Waals surface area contributed by atoms with Gasteiger partial charge in [-0.2, -0.15) is 0 Å². The summed E-state index contributed by atoms with van der Waals surface area (Å²) in [5, 5.41) is 9.17. The van der Waals surface area contributed by atoms with Crippen molar-refractivity contribution in [1.29, 1.82) is 0 Å². The molecule has 1 atom stereocenters. The molecule has 1 fully saturated rings. The van der Waals surface area contributed by atoms with E-state index >= 15 is 0 Å². The Morgan fingerprint density at radius 2 is 2.06 bits per heavy atom. The number of hydrogen-bond donors (Lipinski definition) is 1. The van der Waals surface area contributed by atoms with Gasteiger partial charge in [0.1, 0.15) is 0 Å². The zero-order valence-corrected chi connectivity index (χ0v) is 9.39. The minimum Gasteiger partial charge on any atom is -0.392 e. The monoisotopic (exact) mass is 222 g/mol. The van der Waals surface area contributed by atoms with Crippen molar-refractivity contribution in [3.8, 4) is 0 Å². The van der Waals surface area contributed by atoms with Crippen LogP contribution in [0.15, 0.2) is 24.3 Å². The van der Waals surface area contributed by atoms with E-state index in [1.165, 1.54) is 6.42 Å². The van der Waals surface area contributed by atoms with Crippen molar-refractivity contribution in [2.45, 2.75) is 38.8 Å². The van der Waals surface area contributed by atoms with E-state index in [-0.39, 0.29) is 12.9 Å². The Morgan fingerprint density at radius 1 is 1.25 bits per heavy atom. The van der Waals surface area contributed by atoms with Crippen molar-refractivity contribution in [2.24, 2.45) is 0 Å². The summed E-state index contributed by atoms with van der Waals surface area (Å²) >= 11 is 0. The second-order valence-electron chi connectivity index (χ2n) is 4.03. The van der Waals surface area contributed by atoms with Crippen LogP contribution in [0, 0.1) is 0 Å². The van der Waals surface area contributed by atoms with E-state index in [4.69, 9.17) is 14.6 Å². The molecule has 0 aromatic heterocycles. The lowest BCUT2D eigenvalue weighted by Gasteiger charge is -2.23. The summed E-state index contributed by atoms with van der Waals surface area (Å²) in [5.41, 5.74) is 1.97. The molecule has 1 aliphatic rings. The van der Waals surface area contributed by atoms with Gasteiger partial charge in [0.15, 0.2) is 6.29 Å². The average molecular weight is 222 g/mol. The fourth-order valence-electron chi connectivity index (χ4n) is 1.88. The molecule has 0 saturated carbocycles. The number of aliphatic hydroxyl groups excluding tert-OH is 1. The average Bonchev–Trinajstić information content (AvgIpc) is 2.38. The fourth-order valence-corrected chi connectivity index (χ4v) is 1.88. The lowest BCUT2D eigenvalue weighted by Crippen LogP contribution is -2.22. The smallest absolute Gasteiger partial charge is 0.158 e. The first-order valence-electron chi connectivity index (χ1n) is 5.81. The maximum atomic E-state index is 9.17. The topological polar surface area (TPSA) is 38.7 Å². The second-order valence-corrected chi connectivity index (χ2v) is 4.03. The molecular weight excluding hydrogens is 204 g/mol. The van der Waals surface area contributed by atoms with Crippen molar-refractivity contribution in [3.05, 3.63) is 35.4 Å². The molecule has 0 amide bonds. The first-order valence-corrected chi connectivity index (χ1v) is 5.81. The van der Waals surface area contributed by atoms with Gasteiger partial charge in [0.25, 0.3) is 0 Å². The summed E-state index contributed by atoms with van der Waals surface area (Å²) in [6.07, 6.45) is 3.21. The van der Waals surface area contributed by atoms with Gasteiger partial charge in [-0.1, -0.05) is 24.3 Å². The van der Waals surface area contributed by atoms with Crippen molar-refractivity contribution in [2.75, 3.05) is 6.61 Å². The zero-order valence-electron chi connectivity index (χ0n) is 9.39. The third kappa shape index (κ3) is 3.04. The largest absolute Gasteiger partial charge is 0.392 e. The molecule has 1 saturated heterocycles. The summed E-state index contributed by atoms with van der Waals surface area (Å²) in [5.74, 6) is 0. The second kappa shape index (κ2) is 5.99. The van der Waals surface area contributed by atoms with Crippen LogP contribution in [0.2, 0.25) is 0 Å². The van der Waals surface area contributed by atoms with Crippen LogP contribution in [0.4, 0.5) is 0 Å². The van der Waals surface area contributed by atoms with Gasteiger partial charge < -0.3 is 14.6 Å². The molecule has 3 heteroatoms. The molecule has 0 spiro atoms. The Bertz CT molecular complexity index is 319. The Balaban J connectivity index is 1.88. The Kier molecular flexibility index (Phi) is 4.34. The van der Waals surface area contributed by atoms with Crippen LogP contribution in [0.3, 0.4) is 0 Å². The highest BCUT2D eigenvalue weighted by molar-refractivity contribution is 5.25. The van der Waals surface area contributed by atoms with Gasteiger partial charge >= 0.3 is 0 Å². The maximum Gasteiger partial charge on any atom is 0.158 e. The predicted molar refractivity (Wildman–Crippen MR) is 60.7 cm³/mol. The van der Waals surface area contributed by atoms with E-state index in [2.05, 4.69) is 0 Å². The Labute approximate surface area is 96.0 Å². The highest BCUT2D eigenvalue weighted by atomic mass is 16.7. The first-order chi connectivity index (χ1) is 7.90. The van der Waals surface area contributed by atoms with Gasteiger partial charge in [-0.3, -0.25) is 0 Å². The lowest BCUT2D eigenvalue weighted by molar-refractivity contribution is -0.169. The minimum atomic E-state index is -0.0690. The highest BCUT2D eigenvalue weighted by Crippen LogP contribution is 2.17. The summed E-state index contributed by atoms with van der Waals surface area (Å²) in [7, 11) is 0. The SMILES string of the molecule is OCc1ccccc1CO[C@@H]1CCCCO1. The molecule has 0 aliphatic carbocycles. The molecule has 88 valence electrons. The quantitative estimate of drug-likeness (QED) is 0.849. The van der Waals surface area contributed by atoms with Gasteiger partial charge in [0.05, 0.1) is 13.2 Å². The molecule has 1 aliphatic heterocycles. The third-order valence-electron chi connectivity index (χ3n) is 2.85. The van der Waals surface area contributed by atoms with Gasteiger partial charge in [-0.05, 0) is 30.4 Å².